The normalized spacial score (nSPS) is 21.7. The number of hydrogen-bond acceptors (Lipinski definition) is 4. The molecule has 0 N–H and O–H groups in total. The highest BCUT2D eigenvalue weighted by molar-refractivity contribution is 9.24. The van der Waals surface area contributed by atoms with Crippen molar-refractivity contribution in [1.29, 1.82) is 0 Å². The molecule has 1 saturated carbocycles. The van der Waals surface area contributed by atoms with Gasteiger partial charge in [0.25, 0.3) is 0 Å². The minimum atomic E-state index is -0.312. The second-order valence-electron chi connectivity index (χ2n) is 4.07. The second kappa shape index (κ2) is 5.49. The Bertz CT molecular complexity index is 273. The average molecular weight is 358 g/mol. The van der Waals surface area contributed by atoms with E-state index in [4.69, 9.17) is 9.47 Å². The van der Waals surface area contributed by atoms with E-state index < -0.39 is 0 Å². The first-order chi connectivity index (χ1) is 7.37. The van der Waals surface area contributed by atoms with E-state index in [1.54, 1.807) is 0 Å². The minimum absolute atomic E-state index is 0.145. The van der Waals surface area contributed by atoms with Crippen LogP contribution < -0.4 is 0 Å². The maximum absolute atomic E-state index is 10.8. The summed E-state index contributed by atoms with van der Waals surface area (Å²) in [5.74, 6) is -0.312. The molecule has 16 heavy (non-hydrogen) atoms. The highest BCUT2D eigenvalue weighted by Gasteiger charge is 2.58. The van der Waals surface area contributed by atoms with Crippen LogP contribution in [0, 0.1) is 11.3 Å². The van der Waals surface area contributed by atoms with Gasteiger partial charge in [-0.2, -0.15) is 0 Å². The first kappa shape index (κ1) is 14.0. The fourth-order valence-electron chi connectivity index (χ4n) is 1.60. The smallest absolute Gasteiger partial charge is 0.302 e. The Hall–Kier alpha value is -0.100. The van der Waals surface area contributed by atoms with Gasteiger partial charge in [0.15, 0.2) is 0 Å². The van der Waals surface area contributed by atoms with Crippen LogP contribution in [0.1, 0.15) is 20.3 Å². The zero-order valence-electron chi connectivity index (χ0n) is 9.16. The number of carbonyl (C=O) groups is 2. The topological polar surface area (TPSA) is 52.6 Å². The molecule has 1 atom stereocenters. The Morgan fingerprint density at radius 3 is 1.94 bits per heavy atom. The number of ether oxygens (including phenoxy) is 2. The lowest BCUT2D eigenvalue weighted by atomic mass is 10.1. The van der Waals surface area contributed by atoms with Crippen molar-refractivity contribution in [2.75, 3.05) is 13.2 Å². The molecule has 0 heterocycles. The minimum Gasteiger partial charge on any atom is -0.465 e. The van der Waals surface area contributed by atoms with Crippen LogP contribution in [-0.2, 0) is 19.1 Å². The zero-order valence-corrected chi connectivity index (χ0v) is 12.3. The number of carbonyl (C=O) groups excluding carboxylic acids is 2. The number of esters is 2. The molecule has 0 amide bonds. The summed E-state index contributed by atoms with van der Waals surface area (Å²) in [5.41, 5.74) is -0.227. The summed E-state index contributed by atoms with van der Waals surface area (Å²) in [7, 11) is 0. The van der Waals surface area contributed by atoms with E-state index >= 15 is 0 Å². The van der Waals surface area contributed by atoms with Gasteiger partial charge in [-0.25, -0.2) is 0 Å². The molecule has 1 aliphatic rings. The number of hydrogen-bond donors (Lipinski definition) is 0. The molecule has 0 radical (unpaired) electrons. The molecule has 0 aromatic carbocycles. The standard InChI is InChI=1S/C10H14Br2O4/c1-6(13)15-4-10(5-16-7(2)14)3-8(10)9(11)12/h8-9H,3-5H2,1-2H3. The van der Waals surface area contributed by atoms with E-state index in [-0.39, 0.29) is 21.1 Å². The van der Waals surface area contributed by atoms with Crippen LogP contribution in [0.15, 0.2) is 0 Å². The Morgan fingerprint density at radius 2 is 1.69 bits per heavy atom. The van der Waals surface area contributed by atoms with Gasteiger partial charge in [0.1, 0.15) is 13.2 Å². The molecule has 6 heteroatoms. The average Bonchev–Trinajstić information content (AvgIpc) is 2.87. The largest absolute Gasteiger partial charge is 0.465 e. The summed E-state index contributed by atoms with van der Waals surface area (Å²) in [6, 6.07) is 0. The summed E-state index contributed by atoms with van der Waals surface area (Å²) >= 11 is 6.85. The Kier molecular flexibility index (Phi) is 4.79. The third kappa shape index (κ3) is 3.73. The molecule has 1 rings (SSSR count). The molecule has 0 saturated heterocycles. The third-order valence-corrected chi connectivity index (χ3v) is 3.96. The quantitative estimate of drug-likeness (QED) is 0.559. The maximum Gasteiger partial charge on any atom is 0.302 e. The predicted molar refractivity (Wildman–Crippen MR) is 65.4 cm³/mol. The summed E-state index contributed by atoms with van der Waals surface area (Å²) in [6.45, 7) is 3.34. The van der Waals surface area contributed by atoms with Gasteiger partial charge in [0.2, 0.25) is 0 Å². The summed E-state index contributed by atoms with van der Waals surface area (Å²) in [5, 5.41) is 0. The van der Waals surface area contributed by atoms with E-state index in [9.17, 15) is 9.59 Å². The monoisotopic (exact) mass is 356 g/mol. The first-order valence-corrected chi connectivity index (χ1v) is 6.75. The molecule has 1 fully saturated rings. The molecule has 92 valence electrons. The predicted octanol–water partition coefficient (Wildman–Crippen LogP) is 2.23. The number of halogens is 2. The highest BCUT2D eigenvalue weighted by Crippen LogP contribution is 2.58. The Morgan fingerprint density at radius 1 is 1.25 bits per heavy atom. The van der Waals surface area contributed by atoms with Gasteiger partial charge in [0.05, 0.1) is 3.74 Å². The highest BCUT2D eigenvalue weighted by atomic mass is 79.9. The van der Waals surface area contributed by atoms with Crippen LogP contribution in [-0.4, -0.2) is 28.9 Å². The van der Waals surface area contributed by atoms with Gasteiger partial charge in [-0.15, -0.1) is 0 Å². The fourth-order valence-corrected chi connectivity index (χ4v) is 3.10. The molecular formula is C10H14Br2O4. The van der Waals surface area contributed by atoms with E-state index in [1.807, 2.05) is 0 Å². The zero-order chi connectivity index (χ0) is 12.3. The van der Waals surface area contributed by atoms with Crippen LogP contribution in [0.4, 0.5) is 0 Å². The van der Waals surface area contributed by atoms with Crippen LogP contribution in [0.25, 0.3) is 0 Å². The molecule has 4 nitrogen and oxygen atoms in total. The second-order valence-corrected chi connectivity index (χ2v) is 7.27. The molecule has 0 aliphatic heterocycles. The van der Waals surface area contributed by atoms with Gasteiger partial charge >= 0.3 is 11.9 Å². The lowest BCUT2D eigenvalue weighted by molar-refractivity contribution is -0.147. The van der Waals surface area contributed by atoms with E-state index in [0.29, 0.717) is 19.1 Å². The lowest BCUT2D eigenvalue weighted by Gasteiger charge is -2.17. The van der Waals surface area contributed by atoms with Gasteiger partial charge in [-0.05, 0) is 12.3 Å². The van der Waals surface area contributed by atoms with Gasteiger partial charge in [-0.1, -0.05) is 31.9 Å². The van der Waals surface area contributed by atoms with Gasteiger partial charge in [0, 0.05) is 19.3 Å². The Labute approximate surface area is 111 Å². The van der Waals surface area contributed by atoms with E-state index in [1.165, 1.54) is 13.8 Å². The molecule has 0 aromatic rings. The first-order valence-electron chi connectivity index (χ1n) is 4.92. The van der Waals surface area contributed by atoms with E-state index in [2.05, 4.69) is 31.9 Å². The van der Waals surface area contributed by atoms with Crippen molar-refractivity contribution in [3.63, 3.8) is 0 Å². The molecule has 1 unspecified atom stereocenters. The van der Waals surface area contributed by atoms with Crippen molar-refractivity contribution in [2.45, 2.75) is 24.0 Å². The van der Waals surface area contributed by atoms with Crippen LogP contribution in [0.5, 0.6) is 0 Å². The summed E-state index contributed by atoms with van der Waals surface area (Å²) in [6.07, 6.45) is 0.870. The molecule has 1 aliphatic carbocycles. The van der Waals surface area contributed by atoms with Crippen LogP contribution >= 0.6 is 31.9 Å². The van der Waals surface area contributed by atoms with Gasteiger partial charge in [-0.3, -0.25) is 9.59 Å². The van der Waals surface area contributed by atoms with Crippen LogP contribution in [0.2, 0.25) is 0 Å². The molecule has 0 spiro atoms. The van der Waals surface area contributed by atoms with E-state index in [0.717, 1.165) is 6.42 Å². The fraction of sp³-hybridized carbons (Fsp3) is 0.800. The number of rotatable bonds is 5. The third-order valence-electron chi connectivity index (χ3n) is 2.68. The molecule has 0 bridgehead atoms. The van der Waals surface area contributed by atoms with Crippen molar-refractivity contribution in [3.05, 3.63) is 0 Å². The van der Waals surface area contributed by atoms with Gasteiger partial charge < -0.3 is 9.47 Å². The van der Waals surface area contributed by atoms with Crippen molar-refractivity contribution in [2.24, 2.45) is 11.3 Å². The SMILES string of the molecule is CC(=O)OCC1(COC(C)=O)CC1C(Br)Br. The van der Waals surface area contributed by atoms with Crippen molar-refractivity contribution in [3.8, 4) is 0 Å². The maximum atomic E-state index is 10.8. The van der Waals surface area contributed by atoms with Crippen molar-refractivity contribution in [1.82, 2.24) is 0 Å². The lowest BCUT2D eigenvalue weighted by Crippen LogP contribution is -2.24. The molecule has 0 aromatic heterocycles. The summed E-state index contributed by atoms with van der Waals surface area (Å²) < 4.78 is 10.2. The molecular weight excluding hydrogens is 344 g/mol. The summed E-state index contributed by atoms with van der Waals surface area (Å²) in [4.78, 5) is 21.6. The van der Waals surface area contributed by atoms with Crippen molar-refractivity contribution >= 4 is 43.8 Å². The Balaban J connectivity index is 2.51. The van der Waals surface area contributed by atoms with Crippen LogP contribution in [0.3, 0.4) is 0 Å². The van der Waals surface area contributed by atoms with Crippen molar-refractivity contribution < 1.29 is 19.1 Å². The number of alkyl halides is 2.